The van der Waals surface area contributed by atoms with E-state index in [0.717, 1.165) is 27.6 Å². The SMILES string of the molecule is CCOC(=O)c1c(-c2ccc(CC)cc2)csc1NC(=O)C=Cc1cc(Br)c(OCC)c(OC)c1. The summed E-state index contributed by atoms with van der Waals surface area (Å²) in [6, 6.07) is 11.6. The van der Waals surface area contributed by atoms with E-state index in [-0.39, 0.29) is 12.5 Å². The van der Waals surface area contributed by atoms with E-state index in [0.29, 0.717) is 28.7 Å². The van der Waals surface area contributed by atoms with Gasteiger partial charge in [0.1, 0.15) is 10.6 Å². The van der Waals surface area contributed by atoms with Crippen LogP contribution in [0.25, 0.3) is 17.2 Å². The van der Waals surface area contributed by atoms with Gasteiger partial charge in [-0.25, -0.2) is 4.79 Å². The fourth-order valence-electron chi connectivity index (χ4n) is 3.43. The minimum Gasteiger partial charge on any atom is -0.493 e. The second kappa shape index (κ2) is 12.6. The molecule has 0 aliphatic heterocycles. The van der Waals surface area contributed by atoms with Crippen molar-refractivity contribution in [2.45, 2.75) is 27.2 Å². The maximum Gasteiger partial charge on any atom is 0.341 e. The number of anilines is 1. The molecule has 0 radical (unpaired) electrons. The molecule has 8 heteroatoms. The van der Waals surface area contributed by atoms with Crippen LogP contribution in [0.3, 0.4) is 0 Å². The zero-order valence-corrected chi connectivity index (χ0v) is 22.5. The third kappa shape index (κ3) is 6.52. The van der Waals surface area contributed by atoms with Gasteiger partial charge in [-0.15, -0.1) is 11.3 Å². The van der Waals surface area contributed by atoms with Gasteiger partial charge in [-0.3, -0.25) is 4.79 Å². The van der Waals surface area contributed by atoms with Crippen LogP contribution in [0.5, 0.6) is 11.5 Å². The average molecular weight is 558 g/mol. The summed E-state index contributed by atoms with van der Waals surface area (Å²) in [6.07, 6.45) is 4.01. The first-order chi connectivity index (χ1) is 16.9. The van der Waals surface area contributed by atoms with Crippen molar-refractivity contribution in [1.29, 1.82) is 0 Å². The summed E-state index contributed by atoms with van der Waals surface area (Å²) in [6.45, 7) is 6.48. The lowest BCUT2D eigenvalue weighted by Gasteiger charge is -2.12. The molecule has 0 atom stereocenters. The standard InChI is InChI=1S/C27H28BrNO5S/c1-5-17-8-11-19(12-9-17)20-16-35-26(24(20)27(31)34-7-3)29-23(30)13-10-18-14-21(28)25(33-6-2)22(15-18)32-4/h8-16H,5-7H2,1-4H3,(H,29,30). The van der Waals surface area contributed by atoms with Crippen LogP contribution in [-0.4, -0.2) is 32.2 Å². The van der Waals surface area contributed by atoms with Gasteiger partial charge in [0.25, 0.3) is 0 Å². The van der Waals surface area contributed by atoms with Gasteiger partial charge < -0.3 is 19.5 Å². The molecule has 184 valence electrons. The zero-order valence-electron chi connectivity index (χ0n) is 20.1. The predicted molar refractivity (Wildman–Crippen MR) is 145 cm³/mol. The van der Waals surface area contributed by atoms with E-state index >= 15 is 0 Å². The average Bonchev–Trinajstić information content (AvgIpc) is 3.27. The maximum atomic E-state index is 12.8. The van der Waals surface area contributed by atoms with Crippen LogP contribution in [0.2, 0.25) is 0 Å². The van der Waals surface area contributed by atoms with Crippen molar-refractivity contribution in [3.8, 4) is 22.6 Å². The molecule has 6 nitrogen and oxygen atoms in total. The van der Waals surface area contributed by atoms with Crippen LogP contribution in [0, 0.1) is 0 Å². The van der Waals surface area contributed by atoms with Gasteiger partial charge in [-0.2, -0.15) is 0 Å². The predicted octanol–water partition coefficient (Wildman–Crippen LogP) is 6.98. The third-order valence-electron chi connectivity index (χ3n) is 5.15. The Labute approximate surface area is 218 Å². The number of hydrogen-bond acceptors (Lipinski definition) is 6. The van der Waals surface area contributed by atoms with Gasteiger partial charge in [0, 0.05) is 17.0 Å². The van der Waals surface area contributed by atoms with Crippen molar-refractivity contribution in [2.75, 3.05) is 25.6 Å². The lowest BCUT2D eigenvalue weighted by Crippen LogP contribution is -2.12. The van der Waals surface area contributed by atoms with Crippen LogP contribution < -0.4 is 14.8 Å². The first kappa shape index (κ1) is 26.5. The number of amides is 1. The molecular weight excluding hydrogens is 530 g/mol. The topological polar surface area (TPSA) is 73.9 Å². The van der Waals surface area contributed by atoms with Crippen molar-refractivity contribution in [2.24, 2.45) is 0 Å². The quantitative estimate of drug-likeness (QED) is 0.215. The Balaban J connectivity index is 1.86. The van der Waals surface area contributed by atoms with E-state index in [1.165, 1.54) is 23.0 Å². The van der Waals surface area contributed by atoms with Crippen LogP contribution in [0.4, 0.5) is 5.00 Å². The normalized spacial score (nSPS) is 10.9. The number of esters is 1. The van der Waals surface area contributed by atoms with Crippen LogP contribution in [0.15, 0.2) is 52.3 Å². The van der Waals surface area contributed by atoms with E-state index in [1.807, 2.05) is 42.6 Å². The molecule has 0 aliphatic rings. The van der Waals surface area contributed by atoms with Gasteiger partial charge in [0.05, 0.1) is 24.8 Å². The van der Waals surface area contributed by atoms with E-state index in [4.69, 9.17) is 14.2 Å². The summed E-state index contributed by atoms with van der Waals surface area (Å²) in [7, 11) is 1.56. The second-order valence-electron chi connectivity index (χ2n) is 7.41. The molecule has 3 rings (SSSR count). The van der Waals surface area contributed by atoms with E-state index < -0.39 is 5.97 Å². The van der Waals surface area contributed by atoms with Crippen molar-refractivity contribution in [1.82, 2.24) is 0 Å². The number of thiophene rings is 1. The molecule has 35 heavy (non-hydrogen) atoms. The Morgan fingerprint density at radius 2 is 1.83 bits per heavy atom. The van der Waals surface area contributed by atoms with Crippen LogP contribution in [-0.2, 0) is 16.0 Å². The fraction of sp³-hybridized carbons (Fsp3) is 0.259. The van der Waals surface area contributed by atoms with E-state index in [2.05, 4.69) is 28.2 Å². The number of hydrogen-bond donors (Lipinski definition) is 1. The Hall–Kier alpha value is -3.10. The number of benzene rings is 2. The Morgan fingerprint density at radius 3 is 2.46 bits per heavy atom. The molecule has 0 fully saturated rings. The molecule has 1 heterocycles. The third-order valence-corrected chi connectivity index (χ3v) is 6.63. The van der Waals surface area contributed by atoms with Crippen molar-refractivity contribution in [3.05, 3.63) is 69.0 Å². The molecule has 0 unspecified atom stereocenters. The number of nitrogens with one attached hydrogen (secondary N) is 1. The molecule has 0 spiro atoms. The molecule has 0 saturated carbocycles. The molecule has 3 aromatic rings. The molecular formula is C27H28BrNO5S. The lowest BCUT2D eigenvalue weighted by atomic mass is 10.0. The maximum absolute atomic E-state index is 12.8. The van der Waals surface area contributed by atoms with Crippen molar-refractivity contribution >= 4 is 50.2 Å². The molecule has 0 bridgehead atoms. The summed E-state index contributed by atoms with van der Waals surface area (Å²) in [4.78, 5) is 25.5. The molecule has 0 saturated heterocycles. The van der Waals surface area contributed by atoms with Crippen LogP contribution in [0.1, 0.15) is 42.3 Å². The summed E-state index contributed by atoms with van der Waals surface area (Å²) in [5.74, 6) is 0.327. The fourth-order valence-corrected chi connectivity index (χ4v) is 4.97. The van der Waals surface area contributed by atoms with E-state index in [1.54, 1.807) is 26.2 Å². The minimum absolute atomic E-state index is 0.241. The smallest absolute Gasteiger partial charge is 0.341 e. The highest BCUT2D eigenvalue weighted by molar-refractivity contribution is 9.10. The summed E-state index contributed by atoms with van der Waals surface area (Å²) in [5.41, 5.74) is 3.94. The highest BCUT2D eigenvalue weighted by Gasteiger charge is 2.22. The van der Waals surface area contributed by atoms with Gasteiger partial charge in [0.2, 0.25) is 5.91 Å². The number of halogens is 1. The molecule has 1 N–H and O–H groups in total. The number of carbonyl (C=O) groups is 2. The molecule has 1 aromatic heterocycles. The largest absolute Gasteiger partial charge is 0.493 e. The Bertz CT molecular complexity index is 1220. The van der Waals surface area contributed by atoms with E-state index in [9.17, 15) is 9.59 Å². The number of methoxy groups -OCH3 is 1. The Kier molecular flexibility index (Phi) is 9.51. The van der Waals surface area contributed by atoms with Crippen LogP contribution >= 0.6 is 27.3 Å². The number of rotatable bonds is 10. The summed E-state index contributed by atoms with van der Waals surface area (Å²) < 4.78 is 17.0. The molecule has 1 amide bonds. The second-order valence-corrected chi connectivity index (χ2v) is 9.15. The highest BCUT2D eigenvalue weighted by Crippen LogP contribution is 2.38. The summed E-state index contributed by atoms with van der Waals surface area (Å²) in [5, 5.41) is 5.14. The molecule has 0 aliphatic carbocycles. The van der Waals surface area contributed by atoms with Crippen molar-refractivity contribution in [3.63, 3.8) is 0 Å². The first-order valence-electron chi connectivity index (χ1n) is 11.3. The summed E-state index contributed by atoms with van der Waals surface area (Å²) >= 11 is 4.78. The van der Waals surface area contributed by atoms with Gasteiger partial charge in [-0.1, -0.05) is 31.2 Å². The number of aryl methyl sites for hydroxylation is 1. The number of carbonyl (C=O) groups excluding carboxylic acids is 2. The zero-order chi connectivity index (χ0) is 25.4. The van der Waals surface area contributed by atoms with Gasteiger partial charge >= 0.3 is 5.97 Å². The first-order valence-corrected chi connectivity index (χ1v) is 13.0. The van der Waals surface area contributed by atoms with Crippen molar-refractivity contribution < 1.29 is 23.8 Å². The minimum atomic E-state index is -0.470. The molecule has 2 aromatic carbocycles. The van der Waals surface area contributed by atoms with Gasteiger partial charge in [0.15, 0.2) is 11.5 Å². The Morgan fingerprint density at radius 1 is 1.09 bits per heavy atom. The highest BCUT2D eigenvalue weighted by atomic mass is 79.9. The van der Waals surface area contributed by atoms with Gasteiger partial charge in [-0.05, 0) is 71.1 Å². The monoisotopic (exact) mass is 557 g/mol. The lowest BCUT2D eigenvalue weighted by molar-refractivity contribution is -0.111. The number of ether oxygens (including phenoxy) is 3.